The van der Waals surface area contributed by atoms with Gasteiger partial charge in [0.1, 0.15) is 35.3 Å². The van der Waals surface area contributed by atoms with Crippen molar-refractivity contribution in [2.45, 2.75) is 51.0 Å². The average Bonchev–Trinajstić information content (AvgIpc) is 3.46. The van der Waals surface area contributed by atoms with Crippen molar-refractivity contribution in [1.82, 2.24) is 25.4 Å². The fraction of sp³-hybridized carbons (Fsp3) is 0.400. The molecule has 3 atom stereocenters. The molecule has 2 aromatic carbocycles. The first kappa shape index (κ1) is 35.7. The Morgan fingerprint density at radius 2 is 1.83 bits per heavy atom. The maximum atomic E-state index is 14.0. The number of nitrogens with two attached hydrogens (primary N) is 1. The molecule has 4 rings (SSSR count). The van der Waals surface area contributed by atoms with E-state index in [1.165, 1.54) is 11.0 Å². The van der Waals surface area contributed by atoms with E-state index in [0.717, 1.165) is 5.56 Å². The van der Waals surface area contributed by atoms with Crippen LogP contribution >= 0.6 is 0 Å². The summed E-state index contributed by atoms with van der Waals surface area (Å²) in [5.41, 5.74) is 7.13. The van der Waals surface area contributed by atoms with Crippen molar-refractivity contribution in [3.63, 3.8) is 0 Å². The number of nitrogens with zero attached hydrogens (tertiary/aromatic N) is 3. The Bertz CT molecular complexity index is 1650. The molecule has 4 amide bonds. The van der Waals surface area contributed by atoms with Gasteiger partial charge in [0.2, 0.25) is 17.7 Å². The molecule has 256 valence electrons. The van der Waals surface area contributed by atoms with Gasteiger partial charge in [0.25, 0.3) is 0 Å². The predicted octanol–water partition coefficient (Wildman–Crippen LogP) is 2.87. The number of rotatable bonds is 12. The Morgan fingerprint density at radius 3 is 2.48 bits per heavy atom. The topological polar surface area (TPSA) is 165 Å². The van der Waals surface area contributed by atoms with Crippen molar-refractivity contribution < 1.29 is 33.4 Å². The number of alkyl carbamates (subject to hydrolysis) is 1. The lowest BCUT2D eigenvalue weighted by Gasteiger charge is -2.28. The number of likely N-dealkylation sites (tertiary alicyclic amines) is 1. The third kappa shape index (κ3) is 9.67. The second-order valence-electron chi connectivity index (χ2n) is 12.7. The number of hydrogen-bond donors (Lipinski definition) is 3. The maximum absolute atomic E-state index is 14.0. The number of methoxy groups -OCH3 is 1. The standard InChI is InChI=1S/C35H44N6O7/c1-35(2,3)48-34(45)39-28(20-37-31(42)13-10-16-40(4)5)33(44)41-21-24(18-29(41)32(36)43)47-30-19-26(22-11-8-7-9-12-22)38-27-17-23(46-6)14-15-25(27)30/h7-15,17,19,24,28-29H,16,18,20-21H2,1-6H3,(H2,36,43)(H,37,42)(H,39,45)/b13-10+/t24-,28+,29+/m1/s1. The van der Waals surface area contributed by atoms with Crippen LogP contribution in [-0.2, 0) is 19.1 Å². The lowest BCUT2D eigenvalue weighted by Crippen LogP contribution is -2.57. The number of likely N-dealkylation sites (N-methyl/N-ethyl adjacent to an activating group) is 1. The Morgan fingerprint density at radius 1 is 1.10 bits per heavy atom. The minimum Gasteiger partial charge on any atom is -0.497 e. The molecule has 0 saturated carbocycles. The van der Waals surface area contributed by atoms with E-state index in [9.17, 15) is 19.2 Å². The molecular formula is C35H44N6O7. The smallest absolute Gasteiger partial charge is 0.408 e. The van der Waals surface area contributed by atoms with E-state index in [2.05, 4.69) is 10.6 Å². The van der Waals surface area contributed by atoms with Gasteiger partial charge in [-0.1, -0.05) is 36.4 Å². The summed E-state index contributed by atoms with van der Waals surface area (Å²) >= 11 is 0. The van der Waals surface area contributed by atoms with Gasteiger partial charge in [-0.3, -0.25) is 14.4 Å². The number of benzene rings is 2. The number of aromatic nitrogens is 1. The van der Waals surface area contributed by atoms with Crippen molar-refractivity contribution in [3.8, 4) is 22.8 Å². The minimum absolute atomic E-state index is 0.00371. The largest absolute Gasteiger partial charge is 0.497 e. The summed E-state index contributed by atoms with van der Waals surface area (Å²) in [6.07, 6.45) is 1.64. The normalized spacial score (nSPS) is 16.9. The van der Waals surface area contributed by atoms with Crippen LogP contribution in [0.5, 0.6) is 11.5 Å². The third-order valence-electron chi connectivity index (χ3n) is 7.43. The minimum atomic E-state index is -1.26. The summed E-state index contributed by atoms with van der Waals surface area (Å²) in [7, 11) is 5.30. The van der Waals surface area contributed by atoms with E-state index in [1.54, 1.807) is 40.0 Å². The van der Waals surface area contributed by atoms with Crippen molar-refractivity contribution in [2.75, 3.05) is 40.8 Å². The number of fused-ring (bicyclic) bond motifs is 1. The summed E-state index contributed by atoms with van der Waals surface area (Å²) in [6.45, 7) is 5.34. The molecule has 4 N–H and O–H groups in total. The van der Waals surface area contributed by atoms with E-state index in [0.29, 0.717) is 34.6 Å². The van der Waals surface area contributed by atoms with Crippen LogP contribution in [-0.4, -0.2) is 103 Å². The molecule has 1 aliphatic heterocycles. The first-order chi connectivity index (χ1) is 22.7. The SMILES string of the molecule is COc1ccc2c(O[C@@H]3C[C@@H](C(N)=O)N(C(=O)[C@H](CNC(=O)/C=C/CN(C)C)NC(=O)OC(C)(C)C)C3)cc(-c3ccccc3)nc2c1. The van der Waals surface area contributed by atoms with Crippen LogP contribution in [0.4, 0.5) is 4.79 Å². The van der Waals surface area contributed by atoms with E-state index in [4.69, 9.17) is 24.9 Å². The molecule has 0 bridgehead atoms. The van der Waals surface area contributed by atoms with Gasteiger partial charge < -0.3 is 40.4 Å². The summed E-state index contributed by atoms with van der Waals surface area (Å²) in [6, 6.07) is 14.6. The van der Waals surface area contributed by atoms with Crippen LogP contribution in [0.15, 0.2) is 66.7 Å². The molecule has 3 aromatic rings. The second kappa shape index (κ2) is 15.6. The monoisotopic (exact) mass is 660 g/mol. The van der Waals surface area contributed by atoms with Gasteiger partial charge in [-0.25, -0.2) is 9.78 Å². The average molecular weight is 661 g/mol. The summed E-state index contributed by atoms with van der Waals surface area (Å²) in [4.78, 5) is 59.9. The summed E-state index contributed by atoms with van der Waals surface area (Å²) < 4.78 is 17.3. The first-order valence-corrected chi connectivity index (χ1v) is 15.6. The van der Waals surface area contributed by atoms with Crippen LogP contribution in [0.1, 0.15) is 27.2 Å². The molecule has 0 unspecified atom stereocenters. The zero-order valence-electron chi connectivity index (χ0n) is 28.2. The number of carbonyl (C=O) groups excluding carboxylic acids is 4. The second-order valence-corrected chi connectivity index (χ2v) is 12.7. The summed E-state index contributed by atoms with van der Waals surface area (Å²) in [5.74, 6) is -0.672. The number of pyridine rings is 1. The Kier molecular flexibility index (Phi) is 11.6. The Hall–Kier alpha value is -5.17. The number of ether oxygens (including phenoxy) is 3. The van der Waals surface area contributed by atoms with Crippen molar-refractivity contribution >= 4 is 34.7 Å². The van der Waals surface area contributed by atoms with Gasteiger partial charge in [-0.15, -0.1) is 0 Å². The lowest BCUT2D eigenvalue weighted by atomic mass is 10.1. The van der Waals surface area contributed by atoms with E-state index in [-0.39, 0.29) is 19.5 Å². The first-order valence-electron chi connectivity index (χ1n) is 15.6. The molecule has 0 spiro atoms. The fourth-order valence-electron chi connectivity index (χ4n) is 5.22. The highest BCUT2D eigenvalue weighted by Crippen LogP contribution is 2.34. The van der Waals surface area contributed by atoms with Crippen LogP contribution in [0.25, 0.3) is 22.2 Å². The van der Waals surface area contributed by atoms with Crippen molar-refractivity contribution in [3.05, 3.63) is 66.7 Å². The number of nitrogens with one attached hydrogen (secondary N) is 2. The van der Waals surface area contributed by atoms with Crippen LogP contribution in [0.2, 0.25) is 0 Å². The molecule has 2 heterocycles. The number of amides is 4. The zero-order chi connectivity index (χ0) is 35.0. The van der Waals surface area contributed by atoms with Gasteiger partial charge in [0, 0.05) is 48.7 Å². The highest BCUT2D eigenvalue weighted by atomic mass is 16.6. The maximum Gasteiger partial charge on any atom is 0.408 e. The molecular weight excluding hydrogens is 616 g/mol. The van der Waals surface area contributed by atoms with Crippen LogP contribution < -0.4 is 25.8 Å². The molecule has 1 aromatic heterocycles. The van der Waals surface area contributed by atoms with Gasteiger partial charge in [0.05, 0.1) is 24.9 Å². The molecule has 48 heavy (non-hydrogen) atoms. The zero-order valence-corrected chi connectivity index (χ0v) is 28.2. The lowest BCUT2D eigenvalue weighted by molar-refractivity contribution is -0.139. The van der Waals surface area contributed by atoms with Crippen LogP contribution in [0, 0.1) is 0 Å². The quantitative estimate of drug-likeness (QED) is 0.248. The molecule has 0 radical (unpaired) electrons. The molecule has 13 nitrogen and oxygen atoms in total. The number of carbonyl (C=O) groups is 4. The van der Waals surface area contributed by atoms with Crippen LogP contribution in [0.3, 0.4) is 0 Å². The molecule has 1 aliphatic rings. The van der Waals surface area contributed by atoms with Crippen molar-refractivity contribution in [1.29, 1.82) is 0 Å². The molecule has 13 heteroatoms. The molecule has 1 fully saturated rings. The van der Waals surface area contributed by atoms with E-state index in [1.807, 2.05) is 67.5 Å². The number of primary amides is 1. The van der Waals surface area contributed by atoms with Gasteiger partial charge in [-0.2, -0.15) is 0 Å². The van der Waals surface area contributed by atoms with Gasteiger partial charge in [-0.05, 0) is 47.0 Å². The Labute approximate surface area is 280 Å². The highest BCUT2D eigenvalue weighted by Gasteiger charge is 2.42. The Balaban J connectivity index is 1.60. The third-order valence-corrected chi connectivity index (χ3v) is 7.43. The predicted molar refractivity (Wildman–Crippen MR) is 181 cm³/mol. The van der Waals surface area contributed by atoms with Crippen molar-refractivity contribution in [2.24, 2.45) is 5.73 Å². The van der Waals surface area contributed by atoms with E-state index >= 15 is 0 Å². The summed E-state index contributed by atoms with van der Waals surface area (Å²) in [5, 5.41) is 5.91. The molecule has 1 saturated heterocycles. The number of hydrogen-bond acceptors (Lipinski definition) is 9. The fourth-order valence-corrected chi connectivity index (χ4v) is 5.22. The highest BCUT2D eigenvalue weighted by molar-refractivity contribution is 5.93. The van der Waals surface area contributed by atoms with Gasteiger partial charge in [0.15, 0.2) is 0 Å². The molecule has 0 aliphatic carbocycles. The van der Waals surface area contributed by atoms with E-state index < -0.39 is 47.6 Å². The van der Waals surface area contributed by atoms with Gasteiger partial charge >= 0.3 is 6.09 Å².